The van der Waals surface area contributed by atoms with E-state index in [-0.39, 0.29) is 0 Å². The van der Waals surface area contributed by atoms with E-state index in [2.05, 4.69) is 29.1 Å². The van der Waals surface area contributed by atoms with Crippen LogP contribution in [0.4, 0.5) is 0 Å². The predicted octanol–water partition coefficient (Wildman–Crippen LogP) is 1.83. The molecule has 1 saturated carbocycles. The second kappa shape index (κ2) is 6.01. The van der Waals surface area contributed by atoms with Crippen molar-refractivity contribution in [2.45, 2.75) is 51.1 Å². The molecule has 2 rings (SSSR count). The molecule has 1 aliphatic carbocycles. The lowest BCUT2D eigenvalue weighted by molar-refractivity contribution is 0.282. The molecule has 1 aliphatic heterocycles. The van der Waals surface area contributed by atoms with Gasteiger partial charge in [0.1, 0.15) is 0 Å². The van der Waals surface area contributed by atoms with Gasteiger partial charge in [-0.2, -0.15) is 0 Å². The van der Waals surface area contributed by atoms with Crippen LogP contribution < -0.4 is 5.32 Å². The summed E-state index contributed by atoms with van der Waals surface area (Å²) in [5, 5.41) is 4.55. The third kappa shape index (κ3) is 3.55. The van der Waals surface area contributed by atoms with E-state index in [4.69, 9.17) is 12.2 Å². The van der Waals surface area contributed by atoms with E-state index in [1.807, 2.05) is 0 Å². The fraction of sp³-hybridized carbons (Fsp3) is 0.923. The Labute approximate surface area is 111 Å². The molecule has 1 saturated heterocycles. The molecule has 2 aliphatic rings. The van der Waals surface area contributed by atoms with E-state index in [1.165, 1.54) is 38.6 Å². The maximum Gasteiger partial charge on any atom is 0.169 e. The highest BCUT2D eigenvalue weighted by molar-refractivity contribution is 7.80. The van der Waals surface area contributed by atoms with Crippen molar-refractivity contribution in [3.05, 3.63) is 0 Å². The Morgan fingerprint density at radius 2 is 1.88 bits per heavy atom. The van der Waals surface area contributed by atoms with Crippen LogP contribution >= 0.6 is 12.2 Å². The van der Waals surface area contributed by atoms with Crippen LogP contribution in [0.2, 0.25) is 0 Å². The molecule has 1 heterocycles. The van der Waals surface area contributed by atoms with E-state index in [9.17, 15) is 0 Å². The lowest BCUT2D eigenvalue weighted by Gasteiger charge is -2.32. The average Bonchev–Trinajstić information content (AvgIpc) is 2.70. The van der Waals surface area contributed by atoms with Crippen LogP contribution in [0.15, 0.2) is 0 Å². The average molecular weight is 255 g/mol. The van der Waals surface area contributed by atoms with Gasteiger partial charge in [-0.15, -0.1) is 0 Å². The summed E-state index contributed by atoms with van der Waals surface area (Å²) in [4.78, 5) is 4.79. The summed E-state index contributed by atoms with van der Waals surface area (Å²) < 4.78 is 0. The van der Waals surface area contributed by atoms with Gasteiger partial charge in [0.2, 0.25) is 0 Å². The van der Waals surface area contributed by atoms with E-state index in [0.29, 0.717) is 12.1 Å². The van der Waals surface area contributed by atoms with Crippen molar-refractivity contribution in [2.24, 2.45) is 0 Å². The number of nitrogens with zero attached hydrogens (tertiary/aromatic N) is 2. The molecule has 0 amide bonds. The van der Waals surface area contributed by atoms with Crippen molar-refractivity contribution in [3.8, 4) is 0 Å². The van der Waals surface area contributed by atoms with Gasteiger partial charge in [-0.3, -0.25) is 0 Å². The predicted molar refractivity (Wildman–Crippen MR) is 76.3 cm³/mol. The number of hydrogen-bond donors (Lipinski definition) is 1. The number of nitrogens with one attached hydrogen (secondary N) is 1. The fourth-order valence-electron chi connectivity index (χ4n) is 3.00. The summed E-state index contributed by atoms with van der Waals surface area (Å²) in [7, 11) is 2.20. The third-order valence-corrected chi connectivity index (χ3v) is 4.34. The van der Waals surface area contributed by atoms with Crippen LogP contribution in [0, 0.1) is 0 Å². The molecule has 0 spiro atoms. The highest BCUT2D eigenvalue weighted by atomic mass is 32.1. The molecular weight excluding hydrogens is 230 g/mol. The van der Waals surface area contributed by atoms with E-state index in [0.717, 1.165) is 18.2 Å². The molecule has 0 aromatic carbocycles. The SMILES string of the molecule is CC1CN(C)CCCN1C(=S)NC1CCCC1. The Kier molecular flexibility index (Phi) is 4.62. The van der Waals surface area contributed by atoms with Crippen LogP contribution in [0.1, 0.15) is 39.0 Å². The molecule has 1 atom stereocenters. The van der Waals surface area contributed by atoms with Gasteiger partial charge in [0.25, 0.3) is 0 Å². The van der Waals surface area contributed by atoms with Crippen molar-refractivity contribution >= 4 is 17.3 Å². The summed E-state index contributed by atoms with van der Waals surface area (Å²) in [6.45, 7) is 5.69. The first-order valence-electron chi connectivity index (χ1n) is 6.92. The summed E-state index contributed by atoms with van der Waals surface area (Å²) in [6.07, 6.45) is 6.52. The van der Waals surface area contributed by atoms with Gasteiger partial charge >= 0.3 is 0 Å². The Hall–Kier alpha value is -0.350. The van der Waals surface area contributed by atoms with Crippen molar-refractivity contribution in [1.29, 1.82) is 0 Å². The fourth-order valence-corrected chi connectivity index (χ4v) is 3.44. The van der Waals surface area contributed by atoms with Crippen LogP contribution in [0.3, 0.4) is 0 Å². The van der Waals surface area contributed by atoms with Gasteiger partial charge in [-0.05, 0) is 52.0 Å². The van der Waals surface area contributed by atoms with Crippen LogP contribution in [-0.4, -0.2) is 53.7 Å². The molecule has 1 N–H and O–H groups in total. The van der Waals surface area contributed by atoms with Gasteiger partial charge in [0.05, 0.1) is 0 Å². The largest absolute Gasteiger partial charge is 0.360 e. The third-order valence-electron chi connectivity index (χ3n) is 3.99. The van der Waals surface area contributed by atoms with Crippen molar-refractivity contribution in [1.82, 2.24) is 15.1 Å². The Morgan fingerprint density at radius 3 is 2.59 bits per heavy atom. The van der Waals surface area contributed by atoms with Gasteiger partial charge in [-0.25, -0.2) is 0 Å². The summed E-state index contributed by atoms with van der Waals surface area (Å²) in [5.74, 6) is 0. The second-order valence-electron chi connectivity index (χ2n) is 5.59. The Bertz CT molecular complexity index is 263. The molecule has 0 aromatic heterocycles. The monoisotopic (exact) mass is 255 g/mol. The van der Waals surface area contributed by atoms with Gasteiger partial charge in [0.15, 0.2) is 5.11 Å². The van der Waals surface area contributed by atoms with Crippen molar-refractivity contribution < 1.29 is 0 Å². The van der Waals surface area contributed by atoms with E-state index in [1.54, 1.807) is 0 Å². The number of rotatable bonds is 1. The number of hydrogen-bond acceptors (Lipinski definition) is 2. The first kappa shape index (κ1) is 13.1. The molecule has 3 nitrogen and oxygen atoms in total. The molecule has 4 heteroatoms. The van der Waals surface area contributed by atoms with E-state index < -0.39 is 0 Å². The van der Waals surface area contributed by atoms with Gasteiger partial charge in [0, 0.05) is 25.2 Å². The molecule has 0 bridgehead atoms. The minimum Gasteiger partial charge on any atom is -0.360 e. The molecular formula is C13H25N3S. The summed E-state index contributed by atoms with van der Waals surface area (Å²) in [5.41, 5.74) is 0. The standard InChI is InChI=1S/C13H25N3S/c1-11-10-15(2)8-5-9-16(11)13(17)14-12-6-3-4-7-12/h11-12H,3-10H2,1-2H3,(H,14,17). The van der Waals surface area contributed by atoms with Gasteiger partial charge < -0.3 is 15.1 Å². The lowest BCUT2D eigenvalue weighted by atomic mass is 10.2. The topological polar surface area (TPSA) is 18.5 Å². The zero-order valence-corrected chi connectivity index (χ0v) is 11.9. The van der Waals surface area contributed by atoms with Crippen LogP contribution in [-0.2, 0) is 0 Å². The normalized spacial score (nSPS) is 28.1. The van der Waals surface area contributed by atoms with Crippen LogP contribution in [0.25, 0.3) is 0 Å². The smallest absolute Gasteiger partial charge is 0.169 e. The number of thiocarbonyl (C=S) groups is 1. The maximum atomic E-state index is 5.58. The Morgan fingerprint density at radius 1 is 1.18 bits per heavy atom. The second-order valence-corrected chi connectivity index (χ2v) is 5.98. The zero-order chi connectivity index (χ0) is 12.3. The van der Waals surface area contributed by atoms with Crippen LogP contribution in [0.5, 0.6) is 0 Å². The maximum absolute atomic E-state index is 5.58. The van der Waals surface area contributed by atoms with Gasteiger partial charge in [-0.1, -0.05) is 12.8 Å². The van der Waals surface area contributed by atoms with Crippen molar-refractivity contribution in [2.75, 3.05) is 26.7 Å². The quantitative estimate of drug-likeness (QED) is 0.720. The molecule has 1 unspecified atom stereocenters. The minimum atomic E-state index is 0.531. The Balaban J connectivity index is 1.88. The molecule has 0 radical (unpaired) electrons. The highest BCUT2D eigenvalue weighted by Gasteiger charge is 2.24. The molecule has 2 fully saturated rings. The minimum absolute atomic E-state index is 0.531. The summed E-state index contributed by atoms with van der Waals surface area (Å²) in [6, 6.07) is 1.17. The van der Waals surface area contributed by atoms with E-state index >= 15 is 0 Å². The van der Waals surface area contributed by atoms with Crippen molar-refractivity contribution in [3.63, 3.8) is 0 Å². The molecule has 17 heavy (non-hydrogen) atoms. The zero-order valence-electron chi connectivity index (χ0n) is 11.1. The molecule has 0 aromatic rings. The summed E-state index contributed by atoms with van der Waals surface area (Å²) >= 11 is 5.58. The lowest BCUT2D eigenvalue weighted by Crippen LogP contribution is -2.49. The molecule has 98 valence electrons. The number of likely N-dealkylation sites (N-methyl/N-ethyl adjacent to an activating group) is 1. The highest BCUT2D eigenvalue weighted by Crippen LogP contribution is 2.18. The first-order chi connectivity index (χ1) is 8.16. The first-order valence-corrected chi connectivity index (χ1v) is 7.33.